The third-order valence-electron chi connectivity index (χ3n) is 3.86. The highest BCUT2D eigenvalue weighted by molar-refractivity contribution is 7.98. The summed E-state index contributed by atoms with van der Waals surface area (Å²) in [7, 11) is 4.22. The molecule has 0 aromatic heterocycles. The third kappa shape index (κ3) is 4.73. The number of thioether (sulfide) groups is 1. The summed E-state index contributed by atoms with van der Waals surface area (Å²) in [6.07, 6.45) is 4.52. The van der Waals surface area contributed by atoms with Gasteiger partial charge < -0.3 is 10.2 Å². The van der Waals surface area contributed by atoms with Crippen LogP contribution in [0.15, 0.2) is 24.3 Å². The fourth-order valence-corrected chi connectivity index (χ4v) is 2.86. The Labute approximate surface area is 123 Å². The fourth-order valence-electron chi connectivity index (χ4n) is 2.28. The minimum atomic E-state index is 0.466. The fraction of sp³-hybridized carbons (Fsp3) is 0.625. The topological polar surface area (TPSA) is 15.3 Å². The van der Waals surface area contributed by atoms with E-state index >= 15 is 0 Å². The highest BCUT2D eigenvalue weighted by Gasteiger charge is 2.11. The summed E-state index contributed by atoms with van der Waals surface area (Å²) < 4.78 is 0. The maximum atomic E-state index is 3.35. The molecular formula is C16H28N2S. The van der Waals surface area contributed by atoms with Crippen molar-refractivity contribution in [1.82, 2.24) is 5.32 Å². The van der Waals surface area contributed by atoms with Crippen molar-refractivity contribution in [3.05, 3.63) is 29.8 Å². The van der Waals surface area contributed by atoms with Crippen LogP contribution in [0.5, 0.6) is 0 Å². The monoisotopic (exact) mass is 280 g/mol. The highest BCUT2D eigenvalue weighted by Crippen LogP contribution is 2.22. The van der Waals surface area contributed by atoms with Crippen molar-refractivity contribution in [1.29, 1.82) is 0 Å². The molecule has 1 aromatic carbocycles. The number of nitrogens with one attached hydrogen (secondary N) is 1. The summed E-state index contributed by atoms with van der Waals surface area (Å²) in [6.45, 7) is 4.51. The molecule has 1 aromatic rings. The largest absolute Gasteiger partial charge is 0.372 e. The molecule has 3 heteroatoms. The highest BCUT2D eigenvalue weighted by atomic mass is 32.2. The van der Waals surface area contributed by atoms with Crippen molar-refractivity contribution in [2.75, 3.05) is 31.0 Å². The van der Waals surface area contributed by atoms with E-state index in [0.29, 0.717) is 12.1 Å². The molecule has 0 aliphatic carbocycles. The molecule has 0 amide bonds. The lowest BCUT2D eigenvalue weighted by atomic mass is 10.0. The summed E-state index contributed by atoms with van der Waals surface area (Å²) in [5, 5.41) is 3.35. The van der Waals surface area contributed by atoms with Gasteiger partial charge in [0.2, 0.25) is 0 Å². The molecule has 0 aliphatic rings. The van der Waals surface area contributed by atoms with Gasteiger partial charge in [0.05, 0.1) is 0 Å². The molecule has 2 nitrogen and oxygen atoms in total. The first-order valence-electron chi connectivity index (χ1n) is 7.13. The molecular weight excluding hydrogens is 252 g/mol. The summed E-state index contributed by atoms with van der Waals surface area (Å²) in [5.41, 5.74) is 2.68. The third-order valence-corrected chi connectivity index (χ3v) is 4.50. The quantitative estimate of drug-likeness (QED) is 0.776. The molecule has 0 aliphatic heterocycles. The molecule has 0 radical (unpaired) electrons. The number of hydrogen-bond donors (Lipinski definition) is 1. The Bertz CT molecular complexity index is 346. The van der Waals surface area contributed by atoms with Gasteiger partial charge in [-0.05, 0) is 56.5 Å². The van der Waals surface area contributed by atoms with Gasteiger partial charge in [-0.2, -0.15) is 11.8 Å². The Hall–Kier alpha value is -0.670. The van der Waals surface area contributed by atoms with E-state index in [1.54, 1.807) is 0 Å². The molecule has 2 unspecified atom stereocenters. The van der Waals surface area contributed by atoms with Crippen molar-refractivity contribution in [2.24, 2.45) is 0 Å². The van der Waals surface area contributed by atoms with Crippen molar-refractivity contribution in [3.8, 4) is 0 Å². The normalized spacial score (nSPS) is 14.2. The van der Waals surface area contributed by atoms with Crippen LogP contribution < -0.4 is 10.2 Å². The van der Waals surface area contributed by atoms with E-state index in [4.69, 9.17) is 0 Å². The smallest absolute Gasteiger partial charge is 0.0366 e. The van der Waals surface area contributed by atoms with Crippen molar-refractivity contribution in [3.63, 3.8) is 0 Å². The molecule has 2 atom stereocenters. The number of anilines is 1. The zero-order chi connectivity index (χ0) is 14.3. The summed E-state index contributed by atoms with van der Waals surface area (Å²) in [6, 6.07) is 10.0. The first-order chi connectivity index (χ1) is 9.13. The zero-order valence-electron chi connectivity index (χ0n) is 12.9. The Morgan fingerprint density at radius 1 is 1.26 bits per heavy atom. The van der Waals surface area contributed by atoms with E-state index in [1.165, 1.54) is 23.4 Å². The minimum absolute atomic E-state index is 0.466. The summed E-state index contributed by atoms with van der Waals surface area (Å²) >= 11 is 1.92. The first kappa shape index (κ1) is 16.4. The average Bonchev–Trinajstić information content (AvgIpc) is 2.46. The van der Waals surface area contributed by atoms with Gasteiger partial charge in [0.1, 0.15) is 0 Å². The van der Waals surface area contributed by atoms with Crippen LogP contribution in [-0.4, -0.2) is 32.1 Å². The predicted molar refractivity (Wildman–Crippen MR) is 89.4 cm³/mol. The minimum Gasteiger partial charge on any atom is -0.372 e. The van der Waals surface area contributed by atoms with Gasteiger partial charge in [-0.25, -0.2) is 0 Å². The number of nitrogens with zero attached hydrogens (tertiary/aromatic N) is 1. The standard InChI is InChI=1S/C16H28N2S/c1-6-16(17-3)14-7-9-15(10-8-14)18(4)13(2)11-12-19-5/h7-10,13,16-17H,6,11-12H2,1-5H3. The van der Waals surface area contributed by atoms with Crippen LogP contribution in [0.4, 0.5) is 5.69 Å². The molecule has 0 fully saturated rings. The van der Waals surface area contributed by atoms with Crippen molar-refractivity contribution < 1.29 is 0 Å². The second-order valence-corrected chi connectivity index (χ2v) is 6.07. The molecule has 0 bridgehead atoms. The molecule has 0 saturated heterocycles. The lowest BCUT2D eigenvalue weighted by Crippen LogP contribution is -2.29. The molecule has 0 saturated carbocycles. The first-order valence-corrected chi connectivity index (χ1v) is 8.52. The predicted octanol–water partition coefficient (Wildman–Crippen LogP) is 3.93. The van der Waals surface area contributed by atoms with E-state index in [9.17, 15) is 0 Å². The second kappa shape index (κ2) is 8.49. The lowest BCUT2D eigenvalue weighted by Gasteiger charge is -2.27. The zero-order valence-corrected chi connectivity index (χ0v) is 13.8. The van der Waals surface area contributed by atoms with Gasteiger partial charge in [0, 0.05) is 24.8 Å². The Morgan fingerprint density at radius 3 is 2.37 bits per heavy atom. The van der Waals surface area contributed by atoms with Crippen LogP contribution >= 0.6 is 11.8 Å². The Balaban J connectivity index is 2.69. The maximum absolute atomic E-state index is 3.35. The average molecular weight is 280 g/mol. The van der Waals surface area contributed by atoms with Crippen LogP contribution in [0, 0.1) is 0 Å². The summed E-state index contributed by atoms with van der Waals surface area (Å²) in [4.78, 5) is 2.38. The number of rotatable bonds is 8. The van der Waals surface area contributed by atoms with E-state index in [-0.39, 0.29) is 0 Å². The molecule has 1 rings (SSSR count). The van der Waals surface area contributed by atoms with Crippen molar-refractivity contribution >= 4 is 17.4 Å². The Morgan fingerprint density at radius 2 is 1.89 bits per heavy atom. The lowest BCUT2D eigenvalue weighted by molar-refractivity contribution is 0.576. The van der Waals surface area contributed by atoms with Crippen LogP contribution in [0.2, 0.25) is 0 Å². The van der Waals surface area contributed by atoms with Crippen LogP contribution in [0.25, 0.3) is 0 Å². The van der Waals surface area contributed by atoms with Crippen LogP contribution in [0.3, 0.4) is 0 Å². The van der Waals surface area contributed by atoms with Crippen LogP contribution in [-0.2, 0) is 0 Å². The van der Waals surface area contributed by atoms with E-state index in [0.717, 1.165) is 6.42 Å². The molecule has 108 valence electrons. The van der Waals surface area contributed by atoms with Gasteiger partial charge in [0.25, 0.3) is 0 Å². The SMILES string of the molecule is CCC(NC)c1ccc(N(C)C(C)CCSC)cc1. The van der Waals surface area contributed by atoms with Gasteiger partial charge in [-0.3, -0.25) is 0 Å². The number of benzene rings is 1. The van der Waals surface area contributed by atoms with E-state index in [1.807, 2.05) is 18.8 Å². The van der Waals surface area contributed by atoms with Crippen LogP contribution in [0.1, 0.15) is 38.3 Å². The van der Waals surface area contributed by atoms with Gasteiger partial charge in [0.15, 0.2) is 0 Å². The van der Waals surface area contributed by atoms with Gasteiger partial charge in [-0.15, -0.1) is 0 Å². The maximum Gasteiger partial charge on any atom is 0.0366 e. The number of hydrogen-bond acceptors (Lipinski definition) is 3. The molecule has 0 heterocycles. The molecule has 1 N–H and O–H groups in total. The molecule has 19 heavy (non-hydrogen) atoms. The molecule has 0 spiro atoms. The second-order valence-electron chi connectivity index (χ2n) is 5.08. The Kier molecular flexibility index (Phi) is 7.32. The van der Waals surface area contributed by atoms with E-state index < -0.39 is 0 Å². The summed E-state index contributed by atoms with van der Waals surface area (Å²) in [5.74, 6) is 1.22. The van der Waals surface area contributed by atoms with E-state index in [2.05, 4.69) is 61.6 Å². The van der Waals surface area contributed by atoms with Crippen molar-refractivity contribution in [2.45, 2.75) is 38.8 Å². The van der Waals surface area contributed by atoms with Gasteiger partial charge >= 0.3 is 0 Å². The van der Waals surface area contributed by atoms with Gasteiger partial charge in [-0.1, -0.05) is 19.1 Å².